The van der Waals surface area contributed by atoms with E-state index in [9.17, 15) is 14.1 Å². The fraction of sp³-hybridized carbons (Fsp3) is 0.533. The first-order valence-corrected chi connectivity index (χ1v) is 8.84. The van der Waals surface area contributed by atoms with Gasteiger partial charge in [0, 0.05) is 13.1 Å². The maximum Gasteiger partial charge on any atom is 0.410 e. The van der Waals surface area contributed by atoms with Crippen LogP contribution in [0.2, 0.25) is 5.02 Å². The molecule has 1 fully saturated rings. The number of rotatable bonds is 2. The highest BCUT2D eigenvalue weighted by atomic mass is 35.5. The van der Waals surface area contributed by atoms with Crippen LogP contribution in [0.3, 0.4) is 0 Å². The summed E-state index contributed by atoms with van der Waals surface area (Å²) in [6.07, 6.45) is 0.107. The fourth-order valence-corrected chi connectivity index (χ4v) is 4.23. The van der Waals surface area contributed by atoms with Gasteiger partial charge in [-0.3, -0.25) is 4.21 Å². The van der Waals surface area contributed by atoms with Gasteiger partial charge in [0.25, 0.3) is 0 Å². The van der Waals surface area contributed by atoms with E-state index >= 15 is 0 Å². The first-order chi connectivity index (χ1) is 10.6. The number of phenols is 1. The average Bonchev–Trinajstić information content (AvgIpc) is 2.91. The second kappa shape index (κ2) is 6.57. The number of anilines is 1. The molecule has 0 aromatic heterocycles. The summed E-state index contributed by atoms with van der Waals surface area (Å²) < 4.78 is 18.0. The van der Waals surface area contributed by atoms with E-state index in [2.05, 4.69) is 0 Å². The monoisotopic (exact) mass is 360 g/mol. The van der Waals surface area contributed by atoms with Gasteiger partial charge in [0.2, 0.25) is 0 Å². The Kier molecular flexibility index (Phi) is 5.10. The molecule has 1 unspecified atom stereocenters. The quantitative estimate of drug-likeness (QED) is 0.624. The lowest BCUT2D eigenvalue weighted by molar-refractivity contribution is 0.0295. The first-order valence-electron chi connectivity index (χ1n) is 7.25. The second-order valence-electron chi connectivity index (χ2n) is 6.45. The highest BCUT2D eigenvalue weighted by Gasteiger charge is 2.35. The lowest BCUT2D eigenvalue weighted by atomic mass is 10.2. The van der Waals surface area contributed by atoms with Gasteiger partial charge >= 0.3 is 6.09 Å². The van der Waals surface area contributed by atoms with Gasteiger partial charge < -0.3 is 20.5 Å². The lowest BCUT2D eigenvalue weighted by Crippen LogP contribution is -2.36. The van der Waals surface area contributed by atoms with Crippen LogP contribution in [0.4, 0.5) is 10.5 Å². The van der Waals surface area contributed by atoms with Crippen LogP contribution in [-0.2, 0) is 15.5 Å². The minimum absolute atomic E-state index is 0.125. The molecule has 6 nitrogen and oxygen atoms in total. The molecule has 23 heavy (non-hydrogen) atoms. The number of halogens is 1. The number of phenolic OH excluding ortho intramolecular Hbond substituents is 1. The summed E-state index contributed by atoms with van der Waals surface area (Å²) in [5.41, 5.74) is 5.19. The van der Waals surface area contributed by atoms with Gasteiger partial charge in [0.05, 0.1) is 26.8 Å². The van der Waals surface area contributed by atoms with Crippen LogP contribution in [-0.4, -0.2) is 44.2 Å². The molecule has 8 heteroatoms. The van der Waals surface area contributed by atoms with Crippen molar-refractivity contribution in [2.24, 2.45) is 0 Å². The SMILES string of the molecule is CC(C)(C)OC(=O)N1CC[C@@H](S(=O)c2c(Cl)ccc(N)c2O)C1. The number of carbonyl (C=O) groups excluding carboxylic acids is 1. The van der Waals surface area contributed by atoms with Crippen molar-refractivity contribution in [1.82, 2.24) is 4.90 Å². The Labute approximate surface area is 143 Å². The van der Waals surface area contributed by atoms with E-state index in [1.165, 1.54) is 17.0 Å². The van der Waals surface area contributed by atoms with Crippen molar-refractivity contribution in [2.45, 2.75) is 42.9 Å². The maximum atomic E-state index is 12.7. The standard InChI is InChI=1S/C15H21ClN2O4S/c1-15(2,3)22-14(20)18-7-6-9(8-18)23(21)13-10(16)4-5-11(17)12(13)19/h4-5,9,19H,6-8,17H2,1-3H3/t9-,23?/m1/s1. The number of benzene rings is 1. The molecule has 3 N–H and O–H groups in total. The summed E-state index contributed by atoms with van der Waals surface area (Å²) in [7, 11) is -1.56. The predicted molar refractivity (Wildman–Crippen MR) is 90.1 cm³/mol. The highest BCUT2D eigenvalue weighted by Crippen LogP contribution is 2.36. The van der Waals surface area contributed by atoms with Gasteiger partial charge in [-0.05, 0) is 39.3 Å². The van der Waals surface area contributed by atoms with Crippen LogP contribution in [0.25, 0.3) is 0 Å². The van der Waals surface area contributed by atoms with Crippen LogP contribution >= 0.6 is 11.6 Å². The molecular weight excluding hydrogens is 340 g/mol. The van der Waals surface area contributed by atoms with Crippen molar-refractivity contribution >= 4 is 34.2 Å². The topological polar surface area (TPSA) is 92.9 Å². The van der Waals surface area contributed by atoms with E-state index in [1.807, 2.05) is 0 Å². The number of carbonyl (C=O) groups is 1. The highest BCUT2D eigenvalue weighted by molar-refractivity contribution is 7.86. The molecule has 0 aliphatic carbocycles. The number of nitrogen functional groups attached to an aromatic ring is 1. The largest absolute Gasteiger partial charge is 0.505 e. The van der Waals surface area contributed by atoms with Crippen LogP contribution in [0, 0.1) is 0 Å². The first kappa shape index (κ1) is 17.9. The zero-order valence-electron chi connectivity index (χ0n) is 13.3. The van der Waals surface area contributed by atoms with Crippen LogP contribution in [0.5, 0.6) is 5.75 Å². The molecule has 1 saturated heterocycles. The normalized spacial score (nSPS) is 19.7. The summed E-state index contributed by atoms with van der Waals surface area (Å²) in [5, 5.41) is 9.90. The van der Waals surface area contributed by atoms with Gasteiger partial charge in [0.1, 0.15) is 10.5 Å². The van der Waals surface area contributed by atoms with Crippen LogP contribution in [0.15, 0.2) is 17.0 Å². The summed E-state index contributed by atoms with van der Waals surface area (Å²) in [4.78, 5) is 13.7. The number of amides is 1. The summed E-state index contributed by atoms with van der Waals surface area (Å²) >= 11 is 6.05. The molecule has 128 valence electrons. The number of nitrogens with two attached hydrogens (primary N) is 1. The molecule has 1 aromatic carbocycles. The number of ether oxygens (including phenoxy) is 1. The zero-order chi connectivity index (χ0) is 17.4. The molecule has 2 atom stereocenters. The Bertz CT molecular complexity index is 645. The van der Waals surface area contributed by atoms with E-state index < -0.39 is 22.5 Å². The minimum atomic E-state index is -1.56. The van der Waals surface area contributed by atoms with Crippen molar-refractivity contribution in [3.63, 3.8) is 0 Å². The lowest BCUT2D eigenvalue weighted by Gasteiger charge is -2.24. The van der Waals surface area contributed by atoms with E-state index in [0.29, 0.717) is 13.0 Å². The van der Waals surface area contributed by atoms with Gasteiger partial charge in [-0.15, -0.1) is 0 Å². The predicted octanol–water partition coefficient (Wildman–Crippen LogP) is 2.74. The molecule has 2 rings (SSSR count). The Morgan fingerprint density at radius 2 is 2.13 bits per heavy atom. The van der Waals surface area contributed by atoms with E-state index in [4.69, 9.17) is 22.1 Å². The molecule has 0 spiro atoms. The van der Waals surface area contributed by atoms with Gasteiger partial charge in [0.15, 0.2) is 5.75 Å². The van der Waals surface area contributed by atoms with Gasteiger partial charge in [-0.2, -0.15) is 0 Å². The summed E-state index contributed by atoms with van der Waals surface area (Å²) in [6.45, 7) is 6.11. The minimum Gasteiger partial charge on any atom is -0.505 e. The number of likely N-dealkylation sites (tertiary alicyclic amines) is 1. The summed E-state index contributed by atoms with van der Waals surface area (Å²) in [6, 6.07) is 2.96. The average molecular weight is 361 g/mol. The smallest absolute Gasteiger partial charge is 0.410 e. The van der Waals surface area contributed by atoms with E-state index in [0.717, 1.165) is 0 Å². The van der Waals surface area contributed by atoms with E-state index in [-0.39, 0.29) is 33.1 Å². The van der Waals surface area contributed by atoms with Gasteiger partial charge in [-0.25, -0.2) is 4.79 Å². The summed E-state index contributed by atoms with van der Waals surface area (Å²) in [5.74, 6) is -0.258. The van der Waals surface area contributed by atoms with Crippen molar-refractivity contribution in [3.05, 3.63) is 17.2 Å². The molecule has 1 amide bonds. The third-order valence-electron chi connectivity index (χ3n) is 3.42. The van der Waals surface area contributed by atoms with Crippen molar-refractivity contribution in [2.75, 3.05) is 18.8 Å². The Morgan fingerprint density at radius 1 is 1.48 bits per heavy atom. The zero-order valence-corrected chi connectivity index (χ0v) is 14.9. The van der Waals surface area contributed by atoms with Gasteiger partial charge in [-0.1, -0.05) is 11.6 Å². The Balaban J connectivity index is 2.12. The third kappa shape index (κ3) is 4.09. The number of aromatic hydroxyl groups is 1. The maximum absolute atomic E-state index is 12.7. The van der Waals surface area contributed by atoms with Crippen LogP contribution in [0.1, 0.15) is 27.2 Å². The third-order valence-corrected chi connectivity index (χ3v) is 5.65. The number of hydrogen-bond acceptors (Lipinski definition) is 5. The number of hydrogen-bond donors (Lipinski definition) is 2. The Hall–Kier alpha value is -1.47. The molecule has 1 aliphatic rings. The van der Waals surface area contributed by atoms with Crippen LogP contribution < -0.4 is 5.73 Å². The molecular formula is C15H21ClN2O4S. The molecule has 0 radical (unpaired) electrons. The van der Waals surface area contributed by atoms with Crippen molar-refractivity contribution < 1.29 is 18.8 Å². The molecule has 1 heterocycles. The molecule has 0 bridgehead atoms. The molecule has 1 aromatic rings. The van der Waals surface area contributed by atoms with Crippen molar-refractivity contribution in [1.29, 1.82) is 0 Å². The number of nitrogens with zero attached hydrogens (tertiary/aromatic N) is 1. The fourth-order valence-electron chi connectivity index (χ4n) is 2.32. The van der Waals surface area contributed by atoms with E-state index in [1.54, 1.807) is 20.8 Å². The second-order valence-corrected chi connectivity index (χ2v) is 8.53. The Morgan fingerprint density at radius 3 is 2.74 bits per heavy atom. The molecule has 1 aliphatic heterocycles. The molecule has 0 saturated carbocycles. The van der Waals surface area contributed by atoms with Crippen molar-refractivity contribution in [3.8, 4) is 5.75 Å².